The summed E-state index contributed by atoms with van der Waals surface area (Å²) < 4.78 is 20.7. The minimum Gasteiger partial charge on any atom is -0.493 e. The van der Waals surface area contributed by atoms with Crippen LogP contribution in [0.4, 0.5) is 0 Å². The predicted molar refractivity (Wildman–Crippen MR) is 93.2 cm³/mol. The number of morpholine rings is 1. The van der Waals surface area contributed by atoms with Crippen molar-refractivity contribution in [3.8, 4) is 11.5 Å². The fourth-order valence-electron chi connectivity index (χ4n) is 2.70. The summed E-state index contributed by atoms with van der Waals surface area (Å²) >= 11 is 6.19. The summed E-state index contributed by atoms with van der Waals surface area (Å²) in [6.07, 6.45) is 4.36. The lowest BCUT2D eigenvalue weighted by Gasteiger charge is -2.32. The number of aromatic nitrogens is 2. The topological polar surface area (TPSA) is 86.9 Å². The maximum absolute atomic E-state index is 12.6. The zero-order valence-electron chi connectivity index (χ0n) is 14.3. The van der Waals surface area contributed by atoms with Crippen LogP contribution in [0.15, 0.2) is 29.1 Å². The number of amides is 1. The third-order valence-corrected chi connectivity index (χ3v) is 4.24. The van der Waals surface area contributed by atoms with Gasteiger partial charge in [-0.05, 0) is 23.8 Å². The molecule has 1 fully saturated rings. The van der Waals surface area contributed by atoms with Crippen LogP contribution in [0.3, 0.4) is 0 Å². The fraction of sp³-hybridized carbons (Fsp3) is 0.353. The normalized spacial score (nSPS) is 17.5. The Bertz CT molecular complexity index is 794. The van der Waals surface area contributed by atoms with Crippen molar-refractivity contribution in [3.05, 3.63) is 41.0 Å². The molecule has 138 valence electrons. The Hall–Kier alpha value is -2.58. The molecule has 1 saturated heterocycles. The van der Waals surface area contributed by atoms with E-state index >= 15 is 0 Å². The molecular formula is C17H18ClN3O5. The molecule has 2 aromatic rings. The molecule has 1 aromatic heterocycles. The van der Waals surface area contributed by atoms with E-state index in [2.05, 4.69) is 10.1 Å². The average molecular weight is 380 g/mol. The Morgan fingerprint density at radius 3 is 2.92 bits per heavy atom. The van der Waals surface area contributed by atoms with E-state index in [4.69, 9.17) is 30.3 Å². The van der Waals surface area contributed by atoms with Gasteiger partial charge in [0.05, 0.1) is 32.5 Å². The first kappa shape index (κ1) is 18.2. The number of benzene rings is 1. The first-order valence-corrected chi connectivity index (χ1v) is 8.26. The highest BCUT2D eigenvalue weighted by atomic mass is 35.5. The van der Waals surface area contributed by atoms with Gasteiger partial charge in [-0.3, -0.25) is 4.79 Å². The van der Waals surface area contributed by atoms with E-state index in [1.807, 2.05) is 0 Å². The molecule has 1 atom stereocenters. The van der Waals surface area contributed by atoms with Crippen LogP contribution >= 0.6 is 11.6 Å². The third-order valence-electron chi connectivity index (χ3n) is 3.96. The Morgan fingerprint density at radius 1 is 1.38 bits per heavy atom. The quantitative estimate of drug-likeness (QED) is 0.737. The highest BCUT2D eigenvalue weighted by Crippen LogP contribution is 2.36. The fourth-order valence-corrected chi connectivity index (χ4v) is 3.00. The molecule has 0 N–H and O–H groups in total. The lowest BCUT2D eigenvalue weighted by molar-refractivity contribution is -0.135. The molecule has 26 heavy (non-hydrogen) atoms. The second kappa shape index (κ2) is 8.20. The molecule has 3 rings (SSSR count). The van der Waals surface area contributed by atoms with E-state index in [1.54, 1.807) is 23.1 Å². The van der Waals surface area contributed by atoms with Crippen LogP contribution in [0, 0.1) is 0 Å². The number of ether oxygens (including phenoxy) is 3. The highest BCUT2D eigenvalue weighted by Gasteiger charge is 2.30. The van der Waals surface area contributed by atoms with Gasteiger partial charge in [0, 0.05) is 12.6 Å². The van der Waals surface area contributed by atoms with Crippen LogP contribution in [0.1, 0.15) is 17.4 Å². The van der Waals surface area contributed by atoms with Crippen LogP contribution in [0.2, 0.25) is 5.02 Å². The molecule has 1 unspecified atom stereocenters. The summed E-state index contributed by atoms with van der Waals surface area (Å²) in [4.78, 5) is 18.3. The molecule has 0 bridgehead atoms. The second-order valence-corrected chi connectivity index (χ2v) is 5.89. The molecule has 1 amide bonds. The second-order valence-electron chi connectivity index (χ2n) is 5.48. The maximum Gasteiger partial charge on any atom is 0.247 e. The molecule has 9 heteroatoms. The summed E-state index contributed by atoms with van der Waals surface area (Å²) in [7, 11) is 3.04. The zero-order valence-corrected chi connectivity index (χ0v) is 15.1. The molecule has 1 aromatic carbocycles. The van der Waals surface area contributed by atoms with E-state index in [0.717, 1.165) is 0 Å². The van der Waals surface area contributed by atoms with Gasteiger partial charge in [0.2, 0.25) is 12.3 Å². The van der Waals surface area contributed by atoms with E-state index in [0.29, 0.717) is 47.7 Å². The van der Waals surface area contributed by atoms with E-state index in [-0.39, 0.29) is 11.9 Å². The standard InChI is InChI=1S/C17H18ClN3O5/c1-23-14-8-11(7-12(18)16(14)24-2)3-4-15(22)21-5-6-25-9-13(21)17-19-10-26-20-17/h3-4,7-8,10,13H,5-6,9H2,1-2H3/b4-3+. The van der Waals surface area contributed by atoms with Crippen molar-refractivity contribution in [1.29, 1.82) is 0 Å². The molecule has 1 aliphatic heterocycles. The molecule has 2 heterocycles. The van der Waals surface area contributed by atoms with Crippen molar-refractivity contribution < 1.29 is 23.5 Å². The van der Waals surface area contributed by atoms with Crippen molar-refractivity contribution in [3.63, 3.8) is 0 Å². The summed E-state index contributed by atoms with van der Waals surface area (Å²) in [5, 5.41) is 4.21. The van der Waals surface area contributed by atoms with Crippen LogP contribution < -0.4 is 9.47 Å². The van der Waals surface area contributed by atoms with Crippen molar-refractivity contribution in [2.24, 2.45) is 0 Å². The van der Waals surface area contributed by atoms with Gasteiger partial charge >= 0.3 is 0 Å². The Kier molecular flexibility index (Phi) is 5.75. The van der Waals surface area contributed by atoms with Gasteiger partial charge in [-0.2, -0.15) is 4.98 Å². The van der Waals surface area contributed by atoms with Gasteiger partial charge in [0.15, 0.2) is 17.3 Å². The zero-order chi connectivity index (χ0) is 18.5. The molecule has 0 spiro atoms. The van der Waals surface area contributed by atoms with Gasteiger partial charge in [-0.25, -0.2) is 0 Å². The first-order valence-electron chi connectivity index (χ1n) is 7.88. The van der Waals surface area contributed by atoms with Crippen molar-refractivity contribution in [2.75, 3.05) is 34.0 Å². The summed E-state index contributed by atoms with van der Waals surface area (Å²) in [5.74, 6) is 1.17. The lowest BCUT2D eigenvalue weighted by atomic mass is 10.1. The predicted octanol–water partition coefficient (Wildman–Crippen LogP) is 2.35. The van der Waals surface area contributed by atoms with Gasteiger partial charge in [0.25, 0.3) is 0 Å². The first-order chi connectivity index (χ1) is 12.6. The average Bonchev–Trinajstić information content (AvgIpc) is 3.20. The molecule has 0 radical (unpaired) electrons. The minimum absolute atomic E-state index is 0.186. The SMILES string of the molecule is COc1cc(/C=C/C(=O)N2CCOCC2c2ncon2)cc(Cl)c1OC. The number of hydrogen-bond donors (Lipinski definition) is 0. The number of rotatable bonds is 5. The molecule has 8 nitrogen and oxygen atoms in total. The molecule has 1 aliphatic rings. The number of methoxy groups -OCH3 is 2. The van der Waals surface area contributed by atoms with Crippen LogP contribution in [-0.4, -0.2) is 54.9 Å². The highest BCUT2D eigenvalue weighted by molar-refractivity contribution is 6.32. The van der Waals surface area contributed by atoms with Crippen molar-refractivity contribution >= 4 is 23.6 Å². The minimum atomic E-state index is -0.381. The largest absolute Gasteiger partial charge is 0.493 e. The number of hydrogen-bond acceptors (Lipinski definition) is 7. The Labute approximate surface area is 155 Å². The molecule has 0 saturated carbocycles. The summed E-state index contributed by atoms with van der Waals surface area (Å²) in [6, 6.07) is 3.06. The van der Waals surface area contributed by atoms with Crippen LogP contribution in [0.25, 0.3) is 6.08 Å². The van der Waals surface area contributed by atoms with Gasteiger partial charge in [-0.15, -0.1) is 0 Å². The number of nitrogens with zero attached hydrogens (tertiary/aromatic N) is 3. The summed E-state index contributed by atoms with van der Waals surface area (Å²) in [5.41, 5.74) is 0.713. The smallest absolute Gasteiger partial charge is 0.247 e. The molecule has 0 aliphatic carbocycles. The third kappa shape index (κ3) is 3.81. The summed E-state index contributed by atoms with van der Waals surface area (Å²) in [6.45, 7) is 1.21. The van der Waals surface area contributed by atoms with E-state index < -0.39 is 0 Å². The van der Waals surface area contributed by atoms with Gasteiger partial charge < -0.3 is 23.6 Å². The lowest BCUT2D eigenvalue weighted by Crippen LogP contribution is -2.43. The van der Waals surface area contributed by atoms with E-state index in [9.17, 15) is 4.79 Å². The van der Waals surface area contributed by atoms with Crippen LogP contribution in [-0.2, 0) is 9.53 Å². The van der Waals surface area contributed by atoms with Gasteiger partial charge in [0.1, 0.15) is 6.04 Å². The van der Waals surface area contributed by atoms with Crippen molar-refractivity contribution in [2.45, 2.75) is 6.04 Å². The molecular weight excluding hydrogens is 362 g/mol. The Morgan fingerprint density at radius 2 is 2.23 bits per heavy atom. The monoisotopic (exact) mass is 379 g/mol. The number of carbonyl (C=O) groups is 1. The Balaban J connectivity index is 1.79. The number of carbonyl (C=O) groups excluding carboxylic acids is 1. The maximum atomic E-state index is 12.6. The van der Waals surface area contributed by atoms with Gasteiger partial charge in [-0.1, -0.05) is 16.8 Å². The number of halogens is 1. The van der Waals surface area contributed by atoms with Crippen LogP contribution in [0.5, 0.6) is 11.5 Å². The van der Waals surface area contributed by atoms with Crippen molar-refractivity contribution in [1.82, 2.24) is 15.0 Å². The van der Waals surface area contributed by atoms with E-state index in [1.165, 1.54) is 26.7 Å².